The zero-order valence-electron chi connectivity index (χ0n) is 11.4. The molecular weight excluding hydrogens is 240 g/mol. The number of hydrogen-bond donors (Lipinski definition) is 2. The Bertz CT molecular complexity index is 386. The molecule has 7 unspecified atom stereocenters. The predicted octanol–water partition coefficient (Wildman–Crippen LogP) is 1.04. The molecule has 19 heavy (non-hydrogen) atoms. The Labute approximate surface area is 114 Å². The molecule has 4 fully saturated rings. The quantitative estimate of drug-likeness (QED) is 0.783. The SMILES string of the molecule is NC1C2CCCOC2C1NC(=O)C1CC2CCC1C2. The van der Waals surface area contributed by atoms with E-state index in [4.69, 9.17) is 10.5 Å². The van der Waals surface area contributed by atoms with Gasteiger partial charge in [0.2, 0.25) is 5.91 Å². The van der Waals surface area contributed by atoms with Gasteiger partial charge in [0.15, 0.2) is 0 Å². The molecule has 4 aliphatic rings. The average Bonchev–Trinajstić information content (AvgIpc) is 3.06. The summed E-state index contributed by atoms with van der Waals surface area (Å²) < 4.78 is 5.79. The predicted molar refractivity (Wildman–Crippen MR) is 71.3 cm³/mol. The van der Waals surface area contributed by atoms with E-state index < -0.39 is 0 Å². The van der Waals surface area contributed by atoms with Crippen molar-refractivity contribution in [2.75, 3.05) is 6.61 Å². The number of nitrogens with one attached hydrogen (secondary N) is 1. The summed E-state index contributed by atoms with van der Waals surface area (Å²) in [6.07, 6.45) is 7.43. The molecule has 0 radical (unpaired) electrons. The van der Waals surface area contributed by atoms with Crippen LogP contribution in [0.3, 0.4) is 0 Å². The van der Waals surface area contributed by atoms with Crippen LogP contribution in [0, 0.1) is 23.7 Å². The van der Waals surface area contributed by atoms with Crippen LogP contribution in [-0.4, -0.2) is 30.7 Å². The van der Waals surface area contributed by atoms with Crippen molar-refractivity contribution in [3.63, 3.8) is 0 Å². The first-order valence-electron chi connectivity index (χ1n) is 7.91. The molecule has 1 amide bonds. The standard InChI is InChI=1S/C15H24N2O2/c16-12-10-2-1-5-19-14(10)13(12)17-15(18)11-7-8-3-4-9(11)6-8/h8-14H,1-7,16H2,(H,17,18). The zero-order chi connectivity index (χ0) is 13.0. The van der Waals surface area contributed by atoms with Gasteiger partial charge in [-0.15, -0.1) is 0 Å². The molecule has 1 saturated heterocycles. The van der Waals surface area contributed by atoms with E-state index in [9.17, 15) is 4.79 Å². The van der Waals surface area contributed by atoms with Crippen LogP contribution in [0.2, 0.25) is 0 Å². The topological polar surface area (TPSA) is 64.3 Å². The summed E-state index contributed by atoms with van der Waals surface area (Å²) >= 11 is 0. The number of nitrogens with two attached hydrogens (primary N) is 1. The first-order valence-corrected chi connectivity index (χ1v) is 7.91. The van der Waals surface area contributed by atoms with E-state index >= 15 is 0 Å². The number of rotatable bonds is 2. The highest BCUT2D eigenvalue weighted by Crippen LogP contribution is 2.48. The minimum Gasteiger partial charge on any atom is -0.376 e. The van der Waals surface area contributed by atoms with Crippen LogP contribution in [0.1, 0.15) is 38.5 Å². The van der Waals surface area contributed by atoms with Crippen LogP contribution in [0.25, 0.3) is 0 Å². The van der Waals surface area contributed by atoms with Crippen molar-refractivity contribution in [3.05, 3.63) is 0 Å². The van der Waals surface area contributed by atoms with Crippen LogP contribution >= 0.6 is 0 Å². The van der Waals surface area contributed by atoms with Gasteiger partial charge in [-0.1, -0.05) is 6.42 Å². The van der Waals surface area contributed by atoms with E-state index in [0.29, 0.717) is 11.8 Å². The Morgan fingerprint density at radius 2 is 2.11 bits per heavy atom. The van der Waals surface area contributed by atoms with Crippen molar-refractivity contribution >= 4 is 5.91 Å². The number of amides is 1. The van der Waals surface area contributed by atoms with Crippen LogP contribution < -0.4 is 11.1 Å². The number of carbonyl (C=O) groups is 1. The highest BCUT2D eigenvalue weighted by molar-refractivity contribution is 5.80. The molecule has 2 bridgehead atoms. The largest absolute Gasteiger partial charge is 0.376 e. The molecule has 4 nitrogen and oxygen atoms in total. The van der Waals surface area contributed by atoms with E-state index in [1.165, 1.54) is 19.3 Å². The third kappa shape index (κ3) is 1.83. The molecule has 0 aromatic carbocycles. The Balaban J connectivity index is 1.38. The molecular formula is C15H24N2O2. The molecule has 0 aromatic rings. The van der Waals surface area contributed by atoms with Gasteiger partial charge in [0.25, 0.3) is 0 Å². The van der Waals surface area contributed by atoms with Gasteiger partial charge in [0.1, 0.15) is 0 Å². The summed E-state index contributed by atoms with van der Waals surface area (Å²) in [5, 5.41) is 3.20. The lowest BCUT2D eigenvalue weighted by Gasteiger charge is -2.52. The Hall–Kier alpha value is -0.610. The van der Waals surface area contributed by atoms with E-state index in [1.54, 1.807) is 0 Å². The van der Waals surface area contributed by atoms with E-state index in [-0.39, 0.29) is 30.0 Å². The third-order valence-electron chi connectivity index (χ3n) is 6.06. The van der Waals surface area contributed by atoms with Gasteiger partial charge in [-0.2, -0.15) is 0 Å². The number of hydrogen-bond acceptors (Lipinski definition) is 3. The number of ether oxygens (including phenoxy) is 1. The van der Waals surface area contributed by atoms with Crippen molar-refractivity contribution < 1.29 is 9.53 Å². The van der Waals surface area contributed by atoms with Gasteiger partial charge in [-0.3, -0.25) is 4.79 Å². The molecule has 4 rings (SSSR count). The van der Waals surface area contributed by atoms with Gasteiger partial charge < -0.3 is 15.8 Å². The molecule has 3 N–H and O–H groups in total. The summed E-state index contributed by atoms with van der Waals surface area (Å²) in [5.74, 6) is 2.44. The number of carbonyl (C=O) groups excluding carboxylic acids is 1. The smallest absolute Gasteiger partial charge is 0.223 e. The summed E-state index contributed by atoms with van der Waals surface area (Å²) in [4.78, 5) is 12.4. The van der Waals surface area contributed by atoms with E-state index in [0.717, 1.165) is 31.8 Å². The van der Waals surface area contributed by atoms with Gasteiger partial charge in [-0.25, -0.2) is 0 Å². The molecule has 4 heteroatoms. The van der Waals surface area contributed by atoms with Crippen molar-refractivity contribution in [1.82, 2.24) is 5.32 Å². The highest BCUT2D eigenvalue weighted by Gasteiger charge is 2.52. The number of fused-ring (bicyclic) bond motifs is 3. The molecule has 0 spiro atoms. The fourth-order valence-electron chi connectivity index (χ4n) is 4.96. The monoisotopic (exact) mass is 264 g/mol. The van der Waals surface area contributed by atoms with E-state index in [2.05, 4.69) is 5.32 Å². The van der Waals surface area contributed by atoms with E-state index in [1.807, 2.05) is 0 Å². The summed E-state index contributed by atoms with van der Waals surface area (Å²) in [5.41, 5.74) is 6.21. The fourth-order valence-corrected chi connectivity index (χ4v) is 4.96. The molecule has 1 heterocycles. The van der Waals surface area contributed by atoms with Crippen LogP contribution in [-0.2, 0) is 9.53 Å². The lowest BCUT2D eigenvalue weighted by Crippen LogP contribution is -2.72. The second kappa shape index (κ2) is 4.45. The van der Waals surface area contributed by atoms with Gasteiger partial charge in [0.05, 0.1) is 12.1 Å². The van der Waals surface area contributed by atoms with Crippen LogP contribution in [0.5, 0.6) is 0 Å². The molecule has 106 valence electrons. The fraction of sp³-hybridized carbons (Fsp3) is 0.933. The lowest BCUT2D eigenvalue weighted by atomic mass is 9.68. The molecule has 1 aliphatic heterocycles. The molecule has 3 aliphatic carbocycles. The maximum absolute atomic E-state index is 12.4. The third-order valence-corrected chi connectivity index (χ3v) is 6.06. The molecule has 7 atom stereocenters. The van der Waals surface area contributed by atoms with Crippen molar-refractivity contribution in [2.45, 2.75) is 56.7 Å². The first kappa shape index (κ1) is 12.2. The van der Waals surface area contributed by atoms with Crippen molar-refractivity contribution in [3.8, 4) is 0 Å². The Morgan fingerprint density at radius 3 is 2.84 bits per heavy atom. The lowest BCUT2D eigenvalue weighted by molar-refractivity contribution is -0.143. The Morgan fingerprint density at radius 1 is 1.21 bits per heavy atom. The highest BCUT2D eigenvalue weighted by atomic mass is 16.5. The van der Waals surface area contributed by atoms with Crippen molar-refractivity contribution in [1.29, 1.82) is 0 Å². The summed E-state index contributed by atoms with van der Waals surface area (Å²) in [7, 11) is 0. The minimum atomic E-state index is 0.0666. The average molecular weight is 264 g/mol. The Kier molecular flexibility index (Phi) is 2.85. The van der Waals surface area contributed by atoms with Gasteiger partial charge >= 0.3 is 0 Å². The van der Waals surface area contributed by atoms with Gasteiger partial charge in [-0.05, 0) is 43.9 Å². The normalized spacial score (nSPS) is 51.5. The van der Waals surface area contributed by atoms with Gasteiger partial charge in [0, 0.05) is 24.5 Å². The second-order valence-electron chi connectivity index (χ2n) is 7.03. The maximum Gasteiger partial charge on any atom is 0.223 e. The van der Waals surface area contributed by atoms with Crippen molar-refractivity contribution in [2.24, 2.45) is 29.4 Å². The summed E-state index contributed by atoms with van der Waals surface area (Å²) in [6, 6.07) is 0.171. The molecule has 3 saturated carbocycles. The minimum absolute atomic E-state index is 0.0666. The zero-order valence-corrected chi connectivity index (χ0v) is 11.4. The molecule has 0 aromatic heterocycles. The van der Waals surface area contributed by atoms with Crippen LogP contribution in [0.15, 0.2) is 0 Å². The first-order chi connectivity index (χ1) is 9.24. The second-order valence-corrected chi connectivity index (χ2v) is 7.03. The maximum atomic E-state index is 12.4. The summed E-state index contributed by atoms with van der Waals surface area (Å²) in [6.45, 7) is 0.828. The van der Waals surface area contributed by atoms with Crippen LogP contribution in [0.4, 0.5) is 0 Å².